The van der Waals surface area contributed by atoms with E-state index in [1.165, 1.54) is 4.90 Å². The summed E-state index contributed by atoms with van der Waals surface area (Å²) in [6, 6.07) is 16.5. The Labute approximate surface area is 159 Å². The second-order valence-corrected chi connectivity index (χ2v) is 7.48. The van der Waals surface area contributed by atoms with Crippen molar-refractivity contribution in [3.05, 3.63) is 59.7 Å². The molecule has 26 heavy (non-hydrogen) atoms. The Morgan fingerprint density at radius 3 is 2.77 bits per heavy atom. The van der Waals surface area contributed by atoms with E-state index >= 15 is 0 Å². The fourth-order valence-corrected chi connectivity index (χ4v) is 3.92. The van der Waals surface area contributed by atoms with Crippen molar-refractivity contribution >= 4 is 17.5 Å². The van der Waals surface area contributed by atoms with E-state index in [9.17, 15) is 5.21 Å². The third-order valence-electron chi connectivity index (χ3n) is 4.41. The lowest BCUT2D eigenvalue weighted by molar-refractivity contribution is -0.161. The van der Waals surface area contributed by atoms with Gasteiger partial charge in [0, 0.05) is 22.0 Å². The van der Waals surface area contributed by atoms with Crippen LogP contribution in [0.15, 0.2) is 63.5 Å². The molecule has 2 aromatic carbocycles. The van der Waals surface area contributed by atoms with Crippen molar-refractivity contribution in [2.24, 2.45) is 5.16 Å². The van der Waals surface area contributed by atoms with E-state index in [0.29, 0.717) is 12.3 Å². The molecule has 4 nitrogen and oxygen atoms in total. The van der Waals surface area contributed by atoms with E-state index < -0.39 is 0 Å². The zero-order valence-electron chi connectivity index (χ0n) is 15.1. The zero-order chi connectivity index (χ0) is 18.2. The lowest BCUT2D eigenvalue weighted by atomic mass is 10.0. The molecule has 1 aliphatic rings. The first-order valence-corrected chi connectivity index (χ1v) is 9.86. The van der Waals surface area contributed by atoms with Crippen LogP contribution in [-0.4, -0.2) is 30.4 Å². The predicted octanol–water partition coefficient (Wildman–Crippen LogP) is 5.12. The van der Waals surface area contributed by atoms with Crippen LogP contribution >= 0.6 is 11.8 Å². The number of ether oxygens (including phenoxy) is 2. The zero-order valence-corrected chi connectivity index (χ0v) is 15.9. The van der Waals surface area contributed by atoms with Crippen LogP contribution in [0.3, 0.4) is 0 Å². The lowest BCUT2D eigenvalue weighted by Gasteiger charge is -2.23. The van der Waals surface area contributed by atoms with E-state index in [4.69, 9.17) is 9.47 Å². The number of nitrogens with zero attached hydrogens (tertiary/aromatic N) is 1. The summed E-state index contributed by atoms with van der Waals surface area (Å²) in [6.07, 6.45) is 3.92. The molecule has 1 unspecified atom stereocenters. The maximum absolute atomic E-state index is 9.18. The van der Waals surface area contributed by atoms with Crippen molar-refractivity contribution < 1.29 is 14.7 Å². The molecule has 1 fully saturated rings. The van der Waals surface area contributed by atoms with Gasteiger partial charge in [0.05, 0.1) is 12.3 Å². The minimum Gasteiger partial charge on any atom is -0.411 e. The first kappa shape index (κ1) is 19.0. The van der Waals surface area contributed by atoms with E-state index in [1.807, 2.05) is 31.2 Å². The van der Waals surface area contributed by atoms with Crippen LogP contribution in [0.1, 0.15) is 37.3 Å². The summed E-state index contributed by atoms with van der Waals surface area (Å²) in [4.78, 5) is 2.36. The van der Waals surface area contributed by atoms with Gasteiger partial charge in [0.2, 0.25) is 0 Å². The van der Waals surface area contributed by atoms with Crippen molar-refractivity contribution in [1.29, 1.82) is 0 Å². The number of hydrogen-bond donors (Lipinski definition) is 1. The third-order valence-corrected chi connectivity index (χ3v) is 5.41. The molecule has 3 rings (SSSR count). The van der Waals surface area contributed by atoms with Gasteiger partial charge in [-0.3, -0.25) is 0 Å². The fraction of sp³-hybridized carbons (Fsp3) is 0.381. The first-order chi connectivity index (χ1) is 12.8. The van der Waals surface area contributed by atoms with Crippen molar-refractivity contribution in [3.8, 4) is 0 Å². The molecule has 1 atom stereocenters. The number of rotatable bonds is 7. The summed E-state index contributed by atoms with van der Waals surface area (Å²) in [7, 11) is 0. The molecule has 0 saturated carbocycles. The van der Waals surface area contributed by atoms with E-state index in [2.05, 4.69) is 29.4 Å². The molecule has 5 heteroatoms. The fourth-order valence-electron chi connectivity index (χ4n) is 3.01. The van der Waals surface area contributed by atoms with Gasteiger partial charge in [0.15, 0.2) is 6.29 Å². The monoisotopic (exact) mass is 371 g/mol. The average Bonchev–Trinajstić information content (AvgIpc) is 2.69. The summed E-state index contributed by atoms with van der Waals surface area (Å²) in [6.45, 7) is 3.19. The second kappa shape index (κ2) is 9.76. The molecule has 1 aliphatic heterocycles. The topological polar surface area (TPSA) is 51.1 Å². The predicted molar refractivity (Wildman–Crippen MR) is 104 cm³/mol. The minimum absolute atomic E-state index is 0.0818. The third kappa shape index (κ3) is 5.34. The maximum Gasteiger partial charge on any atom is 0.157 e. The van der Waals surface area contributed by atoms with E-state index in [0.717, 1.165) is 48.3 Å². The van der Waals surface area contributed by atoms with Gasteiger partial charge in [-0.1, -0.05) is 41.2 Å². The van der Waals surface area contributed by atoms with Crippen LogP contribution in [0, 0.1) is 0 Å². The highest BCUT2D eigenvalue weighted by Gasteiger charge is 2.15. The highest BCUT2D eigenvalue weighted by atomic mass is 32.2. The van der Waals surface area contributed by atoms with Gasteiger partial charge in [-0.15, -0.1) is 0 Å². The Morgan fingerprint density at radius 2 is 2.04 bits per heavy atom. The van der Waals surface area contributed by atoms with E-state index in [-0.39, 0.29) is 6.29 Å². The number of hydrogen-bond acceptors (Lipinski definition) is 5. The highest BCUT2D eigenvalue weighted by molar-refractivity contribution is 7.99. The van der Waals surface area contributed by atoms with Gasteiger partial charge in [0.25, 0.3) is 0 Å². The Bertz CT molecular complexity index is 727. The van der Waals surface area contributed by atoms with Crippen LogP contribution in [0.5, 0.6) is 0 Å². The molecule has 0 aromatic heterocycles. The van der Waals surface area contributed by atoms with Gasteiger partial charge in [-0.05, 0) is 62.4 Å². The Balaban J connectivity index is 1.70. The first-order valence-electron chi connectivity index (χ1n) is 9.04. The van der Waals surface area contributed by atoms with Crippen LogP contribution in [0.2, 0.25) is 0 Å². The molecule has 0 bridgehead atoms. The molecule has 0 spiro atoms. The van der Waals surface area contributed by atoms with Crippen molar-refractivity contribution in [1.82, 2.24) is 0 Å². The molecular weight excluding hydrogens is 346 g/mol. The molecule has 2 aromatic rings. The van der Waals surface area contributed by atoms with Crippen molar-refractivity contribution in [2.45, 2.75) is 48.7 Å². The number of oxime groups is 1. The molecular formula is C21H25NO3S. The summed E-state index contributed by atoms with van der Waals surface area (Å²) in [5.74, 6) is 0. The van der Waals surface area contributed by atoms with Gasteiger partial charge >= 0.3 is 0 Å². The Morgan fingerprint density at radius 1 is 1.19 bits per heavy atom. The molecule has 138 valence electrons. The molecule has 1 N–H and O–H groups in total. The van der Waals surface area contributed by atoms with Crippen LogP contribution in [-0.2, 0) is 15.9 Å². The second-order valence-electron chi connectivity index (χ2n) is 6.34. The van der Waals surface area contributed by atoms with Gasteiger partial charge in [-0.25, -0.2) is 0 Å². The quantitative estimate of drug-likeness (QED) is 0.417. The summed E-state index contributed by atoms with van der Waals surface area (Å²) in [5.41, 5.74) is 2.69. The standard InChI is InChI=1S/C21H25NO3S/c1-16(22-23)20-11-10-19(26-18-7-3-2-4-8-18)15-17(20)12-14-25-21-9-5-6-13-24-21/h2-4,7-8,10-11,15,21,23H,5-6,9,12-14H2,1H3. The maximum atomic E-state index is 9.18. The number of benzene rings is 2. The molecule has 0 radical (unpaired) electrons. The smallest absolute Gasteiger partial charge is 0.157 e. The Kier molecular flexibility index (Phi) is 7.12. The molecule has 0 aliphatic carbocycles. The normalized spacial score (nSPS) is 18.0. The van der Waals surface area contributed by atoms with Gasteiger partial charge in [0.1, 0.15) is 0 Å². The van der Waals surface area contributed by atoms with Gasteiger partial charge in [-0.2, -0.15) is 0 Å². The van der Waals surface area contributed by atoms with Gasteiger partial charge < -0.3 is 14.7 Å². The van der Waals surface area contributed by atoms with Crippen molar-refractivity contribution in [3.63, 3.8) is 0 Å². The Hall–Kier alpha value is -1.82. The highest BCUT2D eigenvalue weighted by Crippen LogP contribution is 2.29. The molecule has 0 amide bonds. The summed E-state index contributed by atoms with van der Waals surface area (Å²) >= 11 is 1.72. The molecule has 1 saturated heterocycles. The van der Waals surface area contributed by atoms with Crippen LogP contribution in [0.25, 0.3) is 0 Å². The largest absolute Gasteiger partial charge is 0.411 e. The van der Waals surface area contributed by atoms with E-state index in [1.54, 1.807) is 11.8 Å². The minimum atomic E-state index is -0.0818. The summed E-state index contributed by atoms with van der Waals surface area (Å²) in [5, 5.41) is 12.6. The van der Waals surface area contributed by atoms with Crippen LogP contribution in [0.4, 0.5) is 0 Å². The average molecular weight is 372 g/mol. The molecule has 1 heterocycles. The van der Waals surface area contributed by atoms with Crippen LogP contribution < -0.4 is 0 Å². The lowest BCUT2D eigenvalue weighted by Crippen LogP contribution is -2.23. The summed E-state index contributed by atoms with van der Waals surface area (Å²) < 4.78 is 11.5. The SMILES string of the molecule is CC(=NO)c1ccc(Sc2ccccc2)cc1CCOC1CCCCO1. The van der Waals surface area contributed by atoms with Crippen molar-refractivity contribution in [2.75, 3.05) is 13.2 Å².